The molecule has 1 fully saturated rings. The zero-order chi connectivity index (χ0) is 15.5. The fourth-order valence-electron chi connectivity index (χ4n) is 2.40. The Morgan fingerprint density at radius 1 is 1.45 bits per heavy atom. The normalized spacial score (nSPS) is 18.5. The SMILES string of the molecule is Cn1c(N2CCOC[C@@H]2CF)nc(-c2ccncn2)cc1=O. The number of alkyl halides is 1. The minimum atomic E-state index is -0.562. The number of ether oxygens (including phenoxy) is 1. The Labute approximate surface area is 126 Å². The number of hydrogen-bond donors (Lipinski definition) is 0. The maximum Gasteiger partial charge on any atom is 0.255 e. The average molecular weight is 305 g/mol. The first kappa shape index (κ1) is 14.6. The lowest BCUT2D eigenvalue weighted by Crippen LogP contribution is -2.49. The van der Waals surface area contributed by atoms with Gasteiger partial charge >= 0.3 is 0 Å². The van der Waals surface area contributed by atoms with Crippen molar-refractivity contribution in [3.05, 3.63) is 35.0 Å². The molecule has 0 amide bonds. The van der Waals surface area contributed by atoms with E-state index in [1.165, 1.54) is 17.0 Å². The molecule has 0 aliphatic carbocycles. The highest BCUT2D eigenvalue weighted by Gasteiger charge is 2.26. The second-order valence-corrected chi connectivity index (χ2v) is 5.01. The second kappa shape index (κ2) is 6.18. The molecule has 2 aromatic heterocycles. The van der Waals surface area contributed by atoms with Crippen LogP contribution in [0.2, 0.25) is 0 Å². The first-order valence-corrected chi connectivity index (χ1v) is 6.95. The standard InChI is InChI=1S/C14H16FN5O2/c1-19-13(21)6-12(11-2-3-16-9-17-11)18-14(19)20-4-5-22-8-10(20)7-15/h2-3,6,9-10H,4-5,7-8H2,1H3/t10-/m0/s1. The number of rotatable bonds is 3. The Morgan fingerprint density at radius 2 is 2.32 bits per heavy atom. The van der Waals surface area contributed by atoms with Crippen molar-refractivity contribution in [2.45, 2.75) is 6.04 Å². The molecule has 7 nitrogen and oxygen atoms in total. The molecule has 116 valence electrons. The van der Waals surface area contributed by atoms with Gasteiger partial charge in [0.2, 0.25) is 5.95 Å². The maximum atomic E-state index is 13.2. The van der Waals surface area contributed by atoms with Crippen molar-refractivity contribution >= 4 is 5.95 Å². The van der Waals surface area contributed by atoms with Crippen LogP contribution in [0.5, 0.6) is 0 Å². The fraction of sp³-hybridized carbons (Fsp3) is 0.429. The van der Waals surface area contributed by atoms with E-state index in [2.05, 4.69) is 15.0 Å². The molecule has 22 heavy (non-hydrogen) atoms. The molecule has 8 heteroatoms. The third-order valence-corrected chi connectivity index (χ3v) is 3.62. The van der Waals surface area contributed by atoms with E-state index in [0.29, 0.717) is 30.5 Å². The lowest BCUT2D eigenvalue weighted by Gasteiger charge is -2.35. The van der Waals surface area contributed by atoms with Crippen molar-refractivity contribution in [2.24, 2.45) is 7.05 Å². The molecule has 0 bridgehead atoms. The summed E-state index contributed by atoms with van der Waals surface area (Å²) in [5.74, 6) is 0.423. The van der Waals surface area contributed by atoms with Crippen molar-refractivity contribution < 1.29 is 9.13 Å². The molecule has 0 radical (unpaired) electrons. The van der Waals surface area contributed by atoms with Gasteiger partial charge in [0.1, 0.15) is 13.0 Å². The number of aromatic nitrogens is 4. The number of nitrogens with zero attached hydrogens (tertiary/aromatic N) is 5. The monoisotopic (exact) mass is 305 g/mol. The maximum absolute atomic E-state index is 13.2. The highest BCUT2D eigenvalue weighted by molar-refractivity contribution is 5.55. The smallest absolute Gasteiger partial charge is 0.255 e. The quantitative estimate of drug-likeness (QED) is 0.818. The zero-order valence-electron chi connectivity index (χ0n) is 12.1. The molecule has 3 heterocycles. The summed E-state index contributed by atoms with van der Waals surface area (Å²) in [6.07, 6.45) is 2.98. The highest BCUT2D eigenvalue weighted by Crippen LogP contribution is 2.19. The van der Waals surface area contributed by atoms with Gasteiger partial charge in [0.05, 0.1) is 30.6 Å². The van der Waals surface area contributed by atoms with Crippen molar-refractivity contribution in [1.29, 1.82) is 0 Å². The Balaban J connectivity index is 2.07. The molecule has 1 aliphatic rings. The molecule has 0 saturated carbocycles. The largest absolute Gasteiger partial charge is 0.377 e. The van der Waals surface area contributed by atoms with E-state index in [1.54, 1.807) is 24.2 Å². The third kappa shape index (κ3) is 2.69. The minimum Gasteiger partial charge on any atom is -0.377 e. The number of morpholine rings is 1. The van der Waals surface area contributed by atoms with Crippen LogP contribution in [0, 0.1) is 0 Å². The molecule has 1 aliphatic heterocycles. The molecule has 1 saturated heterocycles. The van der Waals surface area contributed by atoms with Gasteiger partial charge in [-0.3, -0.25) is 9.36 Å². The van der Waals surface area contributed by atoms with Crippen molar-refractivity contribution in [2.75, 3.05) is 31.3 Å². The third-order valence-electron chi connectivity index (χ3n) is 3.62. The summed E-state index contributed by atoms with van der Waals surface area (Å²) >= 11 is 0. The first-order chi connectivity index (χ1) is 10.7. The average Bonchev–Trinajstić information content (AvgIpc) is 2.58. The highest BCUT2D eigenvalue weighted by atomic mass is 19.1. The Bertz CT molecular complexity index is 706. The van der Waals surface area contributed by atoms with Crippen LogP contribution in [0.4, 0.5) is 10.3 Å². The van der Waals surface area contributed by atoms with Gasteiger partial charge < -0.3 is 9.64 Å². The molecule has 1 atom stereocenters. The number of hydrogen-bond acceptors (Lipinski definition) is 6. The Morgan fingerprint density at radius 3 is 3.05 bits per heavy atom. The summed E-state index contributed by atoms with van der Waals surface area (Å²) in [5.41, 5.74) is 0.784. The van der Waals surface area contributed by atoms with Crippen LogP contribution in [-0.4, -0.2) is 52.0 Å². The Kier molecular flexibility index (Phi) is 4.10. The van der Waals surface area contributed by atoms with Crippen LogP contribution in [0.25, 0.3) is 11.4 Å². The van der Waals surface area contributed by atoms with Gasteiger partial charge in [-0.15, -0.1) is 0 Å². The van der Waals surface area contributed by atoms with Gasteiger partial charge in [-0.25, -0.2) is 19.3 Å². The fourth-order valence-corrected chi connectivity index (χ4v) is 2.40. The van der Waals surface area contributed by atoms with Crippen LogP contribution in [-0.2, 0) is 11.8 Å². The summed E-state index contributed by atoms with van der Waals surface area (Å²) in [5, 5.41) is 0. The molecule has 2 aromatic rings. The topological polar surface area (TPSA) is 73.1 Å². The van der Waals surface area contributed by atoms with Crippen LogP contribution >= 0.6 is 0 Å². The Hall–Kier alpha value is -2.35. The molecule has 0 unspecified atom stereocenters. The van der Waals surface area contributed by atoms with Gasteiger partial charge in [0, 0.05) is 25.9 Å². The van der Waals surface area contributed by atoms with E-state index in [0.717, 1.165) is 0 Å². The summed E-state index contributed by atoms with van der Waals surface area (Å²) < 4.78 is 19.9. The molecule has 3 rings (SSSR count). The van der Waals surface area contributed by atoms with E-state index in [1.807, 2.05) is 0 Å². The summed E-state index contributed by atoms with van der Waals surface area (Å²) in [6, 6.07) is 2.65. The van der Waals surface area contributed by atoms with Crippen LogP contribution in [0.3, 0.4) is 0 Å². The molecule has 0 spiro atoms. The molecular weight excluding hydrogens is 289 g/mol. The van der Waals surface area contributed by atoms with Crippen LogP contribution < -0.4 is 10.5 Å². The number of halogens is 1. The van der Waals surface area contributed by atoms with Gasteiger partial charge in [0.25, 0.3) is 5.56 Å². The second-order valence-electron chi connectivity index (χ2n) is 5.01. The van der Waals surface area contributed by atoms with Gasteiger partial charge in [-0.05, 0) is 6.07 Å². The van der Waals surface area contributed by atoms with E-state index in [4.69, 9.17) is 4.74 Å². The van der Waals surface area contributed by atoms with Gasteiger partial charge in [0.15, 0.2) is 0 Å². The zero-order valence-corrected chi connectivity index (χ0v) is 12.1. The van der Waals surface area contributed by atoms with Crippen molar-refractivity contribution in [3.8, 4) is 11.4 Å². The summed E-state index contributed by atoms with van der Waals surface area (Å²) in [7, 11) is 1.62. The van der Waals surface area contributed by atoms with Gasteiger partial charge in [-0.1, -0.05) is 0 Å². The molecule has 0 aromatic carbocycles. The van der Waals surface area contributed by atoms with Crippen molar-refractivity contribution in [1.82, 2.24) is 19.5 Å². The van der Waals surface area contributed by atoms with E-state index < -0.39 is 12.7 Å². The van der Waals surface area contributed by atoms with E-state index in [-0.39, 0.29) is 12.2 Å². The van der Waals surface area contributed by atoms with Crippen LogP contribution in [0.1, 0.15) is 0 Å². The summed E-state index contributed by atoms with van der Waals surface area (Å²) in [4.78, 5) is 26.4. The lowest BCUT2D eigenvalue weighted by atomic mass is 10.2. The van der Waals surface area contributed by atoms with Crippen molar-refractivity contribution in [3.63, 3.8) is 0 Å². The lowest BCUT2D eigenvalue weighted by molar-refractivity contribution is 0.0846. The van der Waals surface area contributed by atoms with Crippen LogP contribution in [0.15, 0.2) is 29.5 Å². The molecule has 0 N–H and O–H groups in total. The summed E-state index contributed by atoms with van der Waals surface area (Å²) in [6.45, 7) is 0.684. The van der Waals surface area contributed by atoms with Gasteiger partial charge in [-0.2, -0.15) is 0 Å². The predicted molar refractivity (Wildman–Crippen MR) is 78.4 cm³/mol. The molecular formula is C14H16FN5O2. The van der Waals surface area contributed by atoms with E-state index in [9.17, 15) is 9.18 Å². The predicted octanol–water partition coefficient (Wildman–Crippen LogP) is 0.412. The first-order valence-electron chi connectivity index (χ1n) is 6.95. The van der Waals surface area contributed by atoms with E-state index >= 15 is 0 Å². The number of anilines is 1. The minimum absolute atomic E-state index is 0.220.